The van der Waals surface area contributed by atoms with Gasteiger partial charge in [-0.2, -0.15) is 0 Å². The molecule has 4 unspecified atom stereocenters. The smallest absolute Gasteiger partial charge is 0.0826 e. The van der Waals surface area contributed by atoms with Gasteiger partial charge in [-0.25, -0.2) is 0 Å². The van der Waals surface area contributed by atoms with Crippen LogP contribution in [0.3, 0.4) is 0 Å². The molecule has 0 heterocycles. The minimum absolute atomic E-state index is 0. The van der Waals surface area contributed by atoms with E-state index in [0.29, 0.717) is 6.42 Å². The first-order chi connectivity index (χ1) is 5.15. The number of methoxy groups -OCH3 is 1. The number of hydrogen-bond donors (Lipinski definition) is 2. The Morgan fingerprint density at radius 2 is 1.69 bits per heavy atom. The number of aliphatic hydroxyl groups is 2. The summed E-state index contributed by atoms with van der Waals surface area (Å²) in [5.74, 6) is 0.142. The van der Waals surface area contributed by atoms with Gasteiger partial charge in [0.25, 0.3) is 0 Å². The number of ether oxygens (including phenoxy) is 1. The van der Waals surface area contributed by atoms with E-state index in [2.05, 4.69) is 0 Å². The van der Waals surface area contributed by atoms with Crippen LogP contribution in [0.1, 0.15) is 19.8 Å². The maximum atomic E-state index is 9.35. The van der Waals surface area contributed by atoms with Gasteiger partial charge in [-0.05, 0) is 12.3 Å². The summed E-state index contributed by atoms with van der Waals surface area (Å²) in [6.07, 6.45) is 0.338. The van der Waals surface area contributed by atoms with Crippen molar-refractivity contribution in [3.05, 3.63) is 0 Å². The molecule has 5 heteroatoms. The molecule has 0 bridgehead atoms. The van der Waals surface area contributed by atoms with Crippen molar-refractivity contribution in [1.29, 1.82) is 0 Å². The fourth-order valence-electron chi connectivity index (χ4n) is 1.63. The Kier molecular flexibility index (Phi) is 9.67. The van der Waals surface area contributed by atoms with Gasteiger partial charge in [0, 0.05) is 55.7 Å². The third kappa shape index (κ3) is 4.53. The summed E-state index contributed by atoms with van der Waals surface area (Å²) in [5.41, 5.74) is 0. The molecule has 3 nitrogen and oxygen atoms in total. The van der Waals surface area contributed by atoms with E-state index >= 15 is 0 Å². The van der Waals surface area contributed by atoms with Gasteiger partial charge in [0.2, 0.25) is 0 Å². The summed E-state index contributed by atoms with van der Waals surface area (Å²) in [6, 6.07) is 0. The Labute approximate surface area is 108 Å². The summed E-state index contributed by atoms with van der Waals surface area (Å²) in [6.45, 7) is 1.93. The van der Waals surface area contributed by atoms with Crippen LogP contribution in [0.15, 0.2) is 0 Å². The standard InChI is InChI=1S/C8H16O3.2W/c1-5-3-6(11-2)4-7(9)8(5)10;;/h5-10H,3-4H2,1-2H3;;. The molecule has 78 valence electrons. The van der Waals surface area contributed by atoms with Gasteiger partial charge >= 0.3 is 0 Å². The summed E-state index contributed by atoms with van der Waals surface area (Å²) >= 11 is 0. The van der Waals surface area contributed by atoms with Gasteiger partial charge in [-0.1, -0.05) is 6.92 Å². The van der Waals surface area contributed by atoms with Gasteiger partial charge in [0.1, 0.15) is 0 Å². The van der Waals surface area contributed by atoms with Crippen LogP contribution in [0.25, 0.3) is 0 Å². The van der Waals surface area contributed by atoms with Crippen LogP contribution in [0.5, 0.6) is 0 Å². The van der Waals surface area contributed by atoms with Crippen molar-refractivity contribution < 1.29 is 57.1 Å². The Bertz CT molecular complexity index is 123. The largest absolute Gasteiger partial charge is 0.390 e. The SMILES string of the molecule is COC1CC(C)C(O)C(O)C1.[W].[W]. The average molecular weight is 528 g/mol. The van der Waals surface area contributed by atoms with E-state index in [0.717, 1.165) is 6.42 Å². The molecule has 0 aromatic rings. The summed E-state index contributed by atoms with van der Waals surface area (Å²) in [7, 11) is 1.64. The molecule has 1 saturated carbocycles. The number of aliphatic hydroxyl groups excluding tert-OH is 2. The van der Waals surface area contributed by atoms with Crippen LogP contribution in [-0.4, -0.2) is 35.6 Å². The zero-order valence-electron chi connectivity index (χ0n) is 7.84. The van der Waals surface area contributed by atoms with E-state index in [9.17, 15) is 10.2 Å². The quantitative estimate of drug-likeness (QED) is 0.511. The van der Waals surface area contributed by atoms with E-state index in [-0.39, 0.29) is 54.2 Å². The zero-order valence-corrected chi connectivity index (χ0v) is 13.7. The minimum atomic E-state index is -0.608. The molecule has 0 radical (unpaired) electrons. The number of hydrogen-bond acceptors (Lipinski definition) is 3. The molecule has 1 rings (SSSR count). The van der Waals surface area contributed by atoms with E-state index in [1.165, 1.54) is 0 Å². The van der Waals surface area contributed by atoms with Gasteiger partial charge in [-0.3, -0.25) is 0 Å². The van der Waals surface area contributed by atoms with Crippen LogP contribution >= 0.6 is 0 Å². The first-order valence-corrected chi connectivity index (χ1v) is 4.04. The molecule has 0 saturated heterocycles. The van der Waals surface area contributed by atoms with E-state index < -0.39 is 12.2 Å². The second-order valence-electron chi connectivity index (χ2n) is 3.36. The summed E-state index contributed by atoms with van der Waals surface area (Å²) in [5, 5.41) is 18.7. The van der Waals surface area contributed by atoms with Gasteiger partial charge in [-0.15, -0.1) is 0 Å². The molecule has 0 spiro atoms. The van der Waals surface area contributed by atoms with Crippen LogP contribution < -0.4 is 0 Å². The van der Waals surface area contributed by atoms with Crippen molar-refractivity contribution in [1.82, 2.24) is 0 Å². The molecule has 1 aliphatic rings. The maximum absolute atomic E-state index is 9.35. The van der Waals surface area contributed by atoms with Gasteiger partial charge in [0.15, 0.2) is 0 Å². The predicted molar refractivity (Wildman–Crippen MR) is 41.2 cm³/mol. The summed E-state index contributed by atoms with van der Waals surface area (Å²) < 4.78 is 5.11. The first-order valence-electron chi connectivity index (χ1n) is 4.04. The molecule has 0 amide bonds. The molecular weight excluding hydrogens is 512 g/mol. The fourth-order valence-corrected chi connectivity index (χ4v) is 1.63. The van der Waals surface area contributed by atoms with Crippen LogP contribution in [-0.2, 0) is 46.9 Å². The molecule has 0 aliphatic heterocycles. The fraction of sp³-hybridized carbons (Fsp3) is 1.00. The Balaban J connectivity index is 0. The minimum Gasteiger partial charge on any atom is -0.390 e. The van der Waals surface area contributed by atoms with E-state index in [4.69, 9.17) is 4.74 Å². The van der Waals surface area contributed by atoms with Crippen molar-refractivity contribution >= 4 is 0 Å². The van der Waals surface area contributed by atoms with Crippen molar-refractivity contribution in [2.24, 2.45) is 5.92 Å². The second-order valence-corrected chi connectivity index (χ2v) is 3.36. The monoisotopic (exact) mass is 528 g/mol. The average Bonchev–Trinajstić information content (AvgIpc) is 1.99. The first kappa shape index (κ1) is 16.7. The van der Waals surface area contributed by atoms with Crippen LogP contribution in [0, 0.1) is 5.92 Å². The maximum Gasteiger partial charge on any atom is 0.0826 e. The van der Waals surface area contributed by atoms with E-state index in [1.54, 1.807) is 7.11 Å². The van der Waals surface area contributed by atoms with Crippen molar-refractivity contribution in [2.75, 3.05) is 7.11 Å². The van der Waals surface area contributed by atoms with Crippen molar-refractivity contribution in [3.63, 3.8) is 0 Å². The summed E-state index contributed by atoms with van der Waals surface area (Å²) in [4.78, 5) is 0. The molecule has 4 atom stereocenters. The predicted octanol–water partition coefficient (Wildman–Crippen LogP) is 0.148. The second kappa shape index (κ2) is 7.54. The third-order valence-electron chi connectivity index (χ3n) is 2.45. The molecule has 2 N–H and O–H groups in total. The molecule has 1 aliphatic carbocycles. The normalized spacial score (nSPS) is 38.8. The molecule has 0 aromatic heterocycles. The number of rotatable bonds is 1. The van der Waals surface area contributed by atoms with Gasteiger partial charge < -0.3 is 14.9 Å². The topological polar surface area (TPSA) is 49.7 Å². The zero-order chi connectivity index (χ0) is 8.43. The Morgan fingerprint density at radius 1 is 1.15 bits per heavy atom. The molecular formula is C8H16O3W2. The Hall–Kier alpha value is 1.26. The van der Waals surface area contributed by atoms with Crippen LogP contribution in [0.2, 0.25) is 0 Å². The third-order valence-corrected chi connectivity index (χ3v) is 2.45. The Morgan fingerprint density at radius 3 is 2.08 bits per heavy atom. The van der Waals surface area contributed by atoms with E-state index in [1.807, 2.05) is 6.92 Å². The van der Waals surface area contributed by atoms with Crippen molar-refractivity contribution in [3.8, 4) is 0 Å². The van der Waals surface area contributed by atoms with Crippen molar-refractivity contribution in [2.45, 2.75) is 38.1 Å². The molecule has 1 fully saturated rings. The van der Waals surface area contributed by atoms with Gasteiger partial charge in [0.05, 0.1) is 18.3 Å². The molecule has 13 heavy (non-hydrogen) atoms. The molecule has 0 aromatic carbocycles. The van der Waals surface area contributed by atoms with Crippen LogP contribution in [0.4, 0.5) is 0 Å².